The van der Waals surface area contributed by atoms with E-state index in [-0.39, 0.29) is 35.9 Å². The number of carbonyl (C=O) groups is 2. The lowest BCUT2D eigenvalue weighted by molar-refractivity contribution is -0.149. The summed E-state index contributed by atoms with van der Waals surface area (Å²) < 4.78 is 36.6. The van der Waals surface area contributed by atoms with E-state index in [9.17, 15) is 22.8 Å². The lowest BCUT2D eigenvalue weighted by Crippen LogP contribution is -2.63. The van der Waals surface area contributed by atoms with Gasteiger partial charge < -0.3 is 10.2 Å². The Labute approximate surface area is 126 Å². The number of amides is 2. The SMILES string of the molecule is CCCC1NC(=O)C(CCC)N(CCSC(F)(F)F)C1=O. The standard InChI is InChI=1S/C13H21F3N2O2S/c1-3-5-9-12(20)18(7-8-21-13(14,15)16)10(6-4-2)11(19)17-9/h9-10H,3-8H2,1-2H3,(H,17,19). The number of thioether (sulfide) groups is 1. The molecule has 0 aromatic carbocycles. The summed E-state index contributed by atoms with van der Waals surface area (Å²) in [7, 11) is 0. The van der Waals surface area contributed by atoms with E-state index in [1.165, 1.54) is 4.90 Å². The van der Waals surface area contributed by atoms with Gasteiger partial charge in [0.15, 0.2) is 0 Å². The Hall–Kier alpha value is -0.920. The Kier molecular flexibility index (Phi) is 6.83. The van der Waals surface area contributed by atoms with Gasteiger partial charge in [0, 0.05) is 12.3 Å². The van der Waals surface area contributed by atoms with Gasteiger partial charge in [-0.3, -0.25) is 9.59 Å². The molecule has 0 saturated carbocycles. The molecule has 1 N–H and O–H groups in total. The molecule has 2 atom stereocenters. The second-order valence-electron chi connectivity index (χ2n) is 4.98. The smallest absolute Gasteiger partial charge is 0.343 e. The quantitative estimate of drug-likeness (QED) is 0.782. The third kappa shape index (κ3) is 5.41. The number of carbonyl (C=O) groups excluding carboxylic acids is 2. The van der Waals surface area contributed by atoms with Crippen molar-refractivity contribution in [3.05, 3.63) is 0 Å². The Balaban J connectivity index is 2.74. The second kappa shape index (κ2) is 7.91. The summed E-state index contributed by atoms with van der Waals surface area (Å²) in [6.07, 6.45) is 2.38. The van der Waals surface area contributed by atoms with Crippen molar-refractivity contribution < 1.29 is 22.8 Å². The van der Waals surface area contributed by atoms with Crippen molar-refractivity contribution in [2.24, 2.45) is 0 Å². The maximum atomic E-state index is 12.3. The molecule has 1 rings (SSSR count). The topological polar surface area (TPSA) is 49.4 Å². The van der Waals surface area contributed by atoms with E-state index in [1.807, 2.05) is 13.8 Å². The molecule has 1 aliphatic rings. The number of rotatable bonds is 7. The molecule has 1 saturated heterocycles. The van der Waals surface area contributed by atoms with E-state index in [1.54, 1.807) is 0 Å². The van der Waals surface area contributed by atoms with Gasteiger partial charge >= 0.3 is 5.51 Å². The predicted octanol–water partition coefficient (Wildman–Crippen LogP) is 2.54. The number of piperazine rings is 1. The lowest BCUT2D eigenvalue weighted by atomic mass is 10.0. The maximum absolute atomic E-state index is 12.3. The number of alkyl halides is 3. The molecule has 0 aromatic rings. The number of nitrogens with zero attached hydrogens (tertiary/aromatic N) is 1. The minimum atomic E-state index is -4.32. The van der Waals surface area contributed by atoms with Crippen LogP contribution in [0, 0.1) is 0 Å². The minimum absolute atomic E-state index is 0.0543. The van der Waals surface area contributed by atoms with Crippen molar-refractivity contribution in [1.29, 1.82) is 0 Å². The number of nitrogens with one attached hydrogen (secondary N) is 1. The highest BCUT2D eigenvalue weighted by Gasteiger charge is 2.39. The molecule has 2 unspecified atom stereocenters. The first-order valence-corrected chi connectivity index (χ1v) is 8.10. The summed E-state index contributed by atoms with van der Waals surface area (Å²) in [5.41, 5.74) is -4.32. The molecule has 4 nitrogen and oxygen atoms in total. The first-order chi connectivity index (χ1) is 9.80. The summed E-state index contributed by atoms with van der Waals surface area (Å²) in [6.45, 7) is 3.71. The largest absolute Gasteiger partial charge is 0.441 e. The average molecular weight is 326 g/mol. The van der Waals surface area contributed by atoms with E-state index >= 15 is 0 Å². The molecular weight excluding hydrogens is 305 g/mol. The number of halogens is 3. The minimum Gasteiger partial charge on any atom is -0.343 e. The summed E-state index contributed by atoms with van der Waals surface area (Å²) in [6, 6.07) is -1.25. The zero-order valence-corrected chi connectivity index (χ0v) is 13.0. The van der Waals surface area contributed by atoms with Crippen LogP contribution >= 0.6 is 11.8 Å². The Bertz CT molecular complexity index is 377. The lowest BCUT2D eigenvalue weighted by Gasteiger charge is -2.39. The summed E-state index contributed by atoms with van der Waals surface area (Å²) in [5.74, 6) is -0.772. The molecule has 1 fully saturated rings. The van der Waals surface area contributed by atoms with E-state index < -0.39 is 17.6 Å². The van der Waals surface area contributed by atoms with Crippen LogP contribution in [-0.4, -0.2) is 46.6 Å². The average Bonchev–Trinajstić information content (AvgIpc) is 2.37. The fourth-order valence-electron chi connectivity index (χ4n) is 2.40. The maximum Gasteiger partial charge on any atom is 0.441 e. The number of hydrogen-bond donors (Lipinski definition) is 1. The fourth-order valence-corrected chi connectivity index (χ4v) is 2.91. The number of hydrogen-bond acceptors (Lipinski definition) is 3. The first-order valence-electron chi connectivity index (χ1n) is 7.11. The molecule has 21 heavy (non-hydrogen) atoms. The summed E-state index contributed by atoms with van der Waals surface area (Å²) in [5, 5.41) is 2.68. The molecular formula is C13H21F3N2O2S. The van der Waals surface area contributed by atoms with E-state index in [0.29, 0.717) is 19.3 Å². The highest BCUT2D eigenvalue weighted by molar-refractivity contribution is 8.00. The van der Waals surface area contributed by atoms with Gasteiger partial charge in [0.2, 0.25) is 11.8 Å². The van der Waals surface area contributed by atoms with Gasteiger partial charge in [-0.2, -0.15) is 13.2 Å². The Morgan fingerprint density at radius 2 is 1.81 bits per heavy atom. The summed E-state index contributed by atoms with van der Waals surface area (Å²) in [4.78, 5) is 25.7. The molecule has 2 amide bonds. The Morgan fingerprint density at radius 1 is 1.19 bits per heavy atom. The highest BCUT2D eigenvalue weighted by atomic mass is 32.2. The molecule has 1 heterocycles. The van der Waals surface area contributed by atoms with Gasteiger partial charge in [-0.05, 0) is 24.6 Å². The van der Waals surface area contributed by atoms with Crippen LogP contribution in [0.15, 0.2) is 0 Å². The normalized spacial score (nSPS) is 23.4. The van der Waals surface area contributed by atoms with Gasteiger partial charge in [-0.25, -0.2) is 0 Å². The van der Waals surface area contributed by atoms with Crippen LogP contribution in [0.4, 0.5) is 13.2 Å². The second-order valence-corrected chi connectivity index (χ2v) is 6.14. The van der Waals surface area contributed by atoms with Crippen molar-refractivity contribution in [3.8, 4) is 0 Å². The van der Waals surface area contributed by atoms with Gasteiger partial charge in [0.05, 0.1) is 0 Å². The van der Waals surface area contributed by atoms with Crippen LogP contribution in [0.1, 0.15) is 39.5 Å². The highest BCUT2D eigenvalue weighted by Crippen LogP contribution is 2.30. The molecule has 0 spiro atoms. The first kappa shape index (κ1) is 18.1. The van der Waals surface area contributed by atoms with Crippen LogP contribution in [0.25, 0.3) is 0 Å². The van der Waals surface area contributed by atoms with Crippen LogP contribution < -0.4 is 5.32 Å². The van der Waals surface area contributed by atoms with Gasteiger partial charge in [-0.15, -0.1) is 0 Å². The fraction of sp³-hybridized carbons (Fsp3) is 0.846. The molecule has 122 valence electrons. The van der Waals surface area contributed by atoms with Crippen LogP contribution in [0.2, 0.25) is 0 Å². The van der Waals surface area contributed by atoms with Gasteiger partial charge in [0.25, 0.3) is 0 Å². The summed E-state index contributed by atoms with van der Waals surface area (Å²) >= 11 is -0.160. The monoisotopic (exact) mass is 326 g/mol. The zero-order chi connectivity index (χ0) is 16.0. The van der Waals surface area contributed by atoms with E-state index in [2.05, 4.69) is 5.32 Å². The van der Waals surface area contributed by atoms with Crippen LogP contribution in [-0.2, 0) is 9.59 Å². The predicted molar refractivity (Wildman–Crippen MR) is 75.8 cm³/mol. The molecule has 8 heteroatoms. The molecule has 0 radical (unpaired) electrons. The van der Waals surface area contributed by atoms with Crippen molar-refractivity contribution >= 4 is 23.6 Å². The van der Waals surface area contributed by atoms with Gasteiger partial charge in [0.1, 0.15) is 12.1 Å². The van der Waals surface area contributed by atoms with E-state index in [0.717, 1.165) is 6.42 Å². The van der Waals surface area contributed by atoms with Crippen molar-refractivity contribution in [2.45, 2.75) is 57.1 Å². The molecule has 0 aromatic heterocycles. The third-order valence-corrected chi connectivity index (χ3v) is 4.03. The third-order valence-electron chi connectivity index (χ3n) is 3.31. The van der Waals surface area contributed by atoms with Crippen molar-refractivity contribution in [3.63, 3.8) is 0 Å². The van der Waals surface area contributed by atoms with Gasteiger partial charge in [-0.1, -0.05) is 26.7 Å². The Morgan fingerprint density at radius 3 is 2.33 bits per heavy atom. The zero-order valence-electron chi connectivity index (χ0n) is 12.2. The molecule has 0 bridgehead atoms. The molecule has 0 aliphatic carbocycles. The van der Waals surface area contributed by atoms with Crippen molar-refractivity contribution in [1.82, 2.24) is 10.2 Å². The van der Waals surface area contributed by atoms with Crippen LogP contribution in [0.5, 0.6) is 0 Å². The molecule has 1 aliphatic heterocycles. The van der Waals surface area contributed by atoms with E-state index in [4.69, 9.17) is 0 Å². The van der Waals surface area contributed by atoms with Crippen LogP contribution in [0.3, 0.4) is 0 Å². The van der Waals surface area contributed by atoms with Crippen molar-refractivity contribution in [2.75, 3.05) is 12.3 Å².